The Kier molecular flexibility index (Phi) is 6.42. The summed E-state index contributed by atoms with van der Waals surface area (Å²) in [6.45, 7) is -0.327. The van der Waals surface area contributed by atoms with Crippen LogP contribution in [0.3, 0.4) is 0 Å². The number of hydrogen-bond donors (Lipinski definition) is 3. The van der Waals surface area contributed by atoms with Crippen molar-refractivity contribution in [2.75, 3.05) is 17.2 Å². The van der Waals surface area contributed by atoms with Gasteiger partial charge in [0.1, 0.15) is 5.82 Å². The summed E-state index contributed by atoms with van der Waals surface area (Å²) in [4.78, 5) is 23.5. The van der Waals surface area contributed by atoms with Crippen LogP contribution in [-0.4, -0.2) is 18.5 Å². The fraction of sp³-hybridized carbons (Fsp3) is 0.0667. The Morgan fingerprint density at radius 1 is 1.04 bits per heavy atom. The first kappa shape index (κ1) is 18.5. The third-order valence-corrected chi connectivity index (χ3v) is 3.85. The van der Waals surface area contributed by atoms with Crippen LogP contribution in [0.25, 0.3) is 0 Å². The van der Waals surface area contributed by atoms with E-state index in [-0.39, 0.29) is 12.2 Å². The molecule has 0 bridgehead atoms. The van der Waals surface area contributed by atoms with Gasteiger partial charge in [-0.25, -0.2) is 9.18 Å². The Morgan fingerprint density at radius 2 is 1.79 bits per heavy atom. The largest absolute Gasteiger partial charge is 0.329 e. The summed E-state index contributed by atoms with van der Waals surface area (Å²) in [5.41, 5.74) is 0.323. The third-order valence-electron chi connectivity index (χ3n) is 2.79. The van der Waals surface area contributed by atoms with Gasteiger partial charge in [0.05, 0.1) is 22.9 Å². The number of hydrogen-bond acceptors (Lipinski definition) is 2. The van der Waals surface area contributed by atoms with Crippen LogP contribution in [0.5, 0.6) is 0 Å². The number of anilines is 2. The van der Waals surface area contributed by atoms with Crippen LogP contribution in [0.2, 0.25) is 10.0 Å². The van der Waals surface area contributed by atoms with E-state index in [9.17, 15) is 14.0 Å². The van der Waals surface area contributed by atoms with Crippen LogP contribution in [-0.2, 0) is 4.79 Å². The second-order valence-electron chi connectivity index (χ2n) is 4.60. The first-order valence-corrected chi connectivity index (χ1v) is 8.15. The summed E-state index contributed by atoms with van der Waals surface area (Å²) in [6.07, 6.45) is 0. The summed E-state index contributed by atoms with van der Waals surface area (Å²) >= 11 is 14.9. The zero-order chi connectivity index (χ0) is 17.7. The van der Waals surface area contributed by atoms with Crippen molar-refractivity contribution in [1.82, 2.24) is 5.32 Å². The van der Waals surface area contributed by atoms with Crippen molar-refractivity contribution >= 4 is 62.4 Å². The quantitative estimate of drug-likeness (QED) is 0.655. The van der Waals surface area contributed by atoms with E-state index >= 15 is 0 Å². The number of halogens is 4. The molecule has 2 rings (SSSR count). The highest BCUT2D eigenvalue weighted by atomic mass is 79.9. The highest BCUT2D eigenvalue weighted by molar-refractivity contribution is 9.10. The predicted molar refractivity (Wildman–Crippen MR) is 96.2 cm³/mol. The van der Waals surface area contributed by atoms with Crippen molar-refractivity contribution in [3.63, 3.8) is 0 Å². The molecule has 126 valence electrons. The number of carbonyl (C=O) groups is 2. The Morgan fingerprint density at radius 3 is 2.50 bits per heavy atom. The molecule has 9 heteroatoms. The van der Waals surface area contributed by atoms with E-state index in [4.69, 9.17) is 23.2 Å². The first-order chi connectivity index (χ1) is 11.3. The van der Waals surface area contributed by atoms with Gasteiger partial charge in [-0.1, -0.05) is 39.1 Å². The van der Waals surface area contributed by atoms with Gasteiger partial charge in [-0.05, 0) is 36.4 Å². The SMILES string of the molecule is O=C(CNC(=O)Nc1ccc(Br)cc1F)Nc1cc(Cl)ccc1Cl. The van der Waals surface area contributed by atoms with E-state index in [1.165, 1.54) is 24.3 Å². The molecule has 0 radical (unpaired) electrons. The average molecular weight is 435 g/mol. The molecule has 0 heterocycles. The number of carbonyl (C=O) groups excluding carboxylic acids is 2. The number of amides is 3. The maximum absolute atomic E-state index is 13.6. The maximum Gasteiger partial charge on any atom is 0.319 e. The molecule has 0 aliphatic carbocycles. The lowest BCUT2D eigenvalue weighted by Gasteiger charge is -2.10. The minimum Gasteiger partial charge on any atom is -0.329 e. The van der Waals surface area contributed by atoms with Crippen LogP contribution in [0.15, 0.2) is 40.9 Å². The molecule has 0 saturated carbocycles. The summed E-state index contributed by atoms with van der Waals surface area (Å²) in [5, 5.41) is 7.85. The number of rotatable bonds is 4. The minimum atomic E-state index is -0.719. The van der Waals surface area contributed by atoms with Crippen LogP contribution in [0.4, 0.5) is 20.6 Å². The highest BCUT2D eigenvalue weighted by Gasteiger charge is 2.10. The van der Waals surface area contributed by atoms with Gasteiger partial charge in [-0.15, -0.1) is 0 Å². The van der Waals surface area contributed by atoms with Crippen molar-refractivity contribution in [1.29, 1.82) is 0 Å². The van der Waals surface area contributed by atoms with Gasteiger partial charge in [0.2, 0.25) is 5.91 Å². The second kappa shape index (κ2) is 8.32. The molecule has 5 nitrogen and oxygen atoms in total. The van der Waals surface area contributed by atoms with E-state index in [2.05, 4.69) is 31.9 Å². The summed E-state index contributed by atoms with van der Waals surface area (Å²) < 4.78 is 14.1. The molecule has 2 aromatic rings. The van der Waals surface area contributed by atoms with E-state index in [0.717, 1.165) is 0 Å². The Bertz CT molecular complexity index is 789. The molecule has 0 aromatic heterocycles. The molecule has 2 aromatic carbocycles. The highest BCUT2D eigenvalue weighted by Crippen LogP contribution is 2.25. The molecule has 24 heavy (non-hydrogen) atoms. The van der Waals surface area contributed by atoms with Gasteiger partial charge in [0, 0.05) is 9.50 Å². The first-order valence-electron chi connectivity index (χ1n) is 6.60. The molecule has 0 aliphatic rings. The van der Waals surface area contributed by atoms with Crippen molar-refractivity contribution in [3.05, 3.63) is 56.7 Å². The molecule has 0 saturated heterocycles. The minimum absolute atomic E-state index is 0.00556. The van der Waals surface area contributed by atoms with Crippen molar-refractivity contribution < 1.29 is 14.0 Å². The van der Waals surface area contributed by atoms with E-state index in [1.54, 1.807) is 12.1 Å². The maximum atomic E-state index is 13.6. The molecular formula is C15H11BrCl2FN3O2. The normalized spacial score (nSPS) is 10.2. The second-order valence-corrected chi connectivity index (χ2v) is 6.36. The number of urea groups is 1. The van der Waals surface area contributed by atoms with Crippen molar-refractivity contribution in [3.8, 4) is 0 Å². The van der Waals surface area contributed by atoms with Gasteiger partial charge in [0.25, 0.3) is 0 Å². The van der Waals surface area contributed by atoms with Crippen LogP contribution in [0.1, 0.15) is 0 Å². The van der Waals surface area contributed by atoms with E-state index in [1.807, 2.05) is 0 Å². The number of benzene rings is 2. The molecule has 0 aliphatic heterocycles. The van der Waals surface area contributed by atoms with Crippen molar-refractivity contribution in [2.24, 2.45) is 0 Å². The lowest BCUT2D eigenvalue weighted by atomic mass is 10.3. The molecule has 0 atom stereocenters. The Labute approximate surface area is 155 Å². The van der Waals surface area contributed by atoms with Crippen molar-refractivity contribution in [2.45, 2.75) is 0 Å². The zero-order valence-electron chi connectivity index (χ0n) is 12.0. The van der Waals surface area contributed by atoms with Gasteiger partial charge in [-0.3, -0.25) is 4.79 Å². The lowest BCUT2D eigenvalue weighted by molar-refractivity contribution is -0.115. The third kappa shape index (κ3) is 5.36. The van der Waals surface area contributed by atoms with Gasteiger partial charge < -0.3 is 16.0 Å². The molecule has 3 amide bonds. The van der Waals surface area contributed by atoms with Crippen LogP contribution < -0.4 is 16.0 Å². The predicted octanol–water partition coefficient (Wildman–Crippen LogP) is 4.66. The Balaban J connectivity index is 1.87. The monoisotopic (exact) mass is 433 g/mol. The smallest absolute Gasteiger partial charge is 0.319 e. The summed E-state index contributed by atoms with van der Waals surface area (Å²) in [5.74, 6) is -1.11. The fourth-order valence-electron chi connectivity index (χ4n) is 1.71. The molecule has 0 spiro atoms. The fourth-order valence-corrected chi connectivity index (χ4v) is 2.38. The van der Waals surface area contributed by atoms with Crippen LogP contribution >= 0.6 is 39.1 Å². The lowest BCUT2D eigenvalue weighted by Crippen LogP contribution is -2.36. The Hall–Kier alpha value is -1.83. The average Bonchev–Trinajstić information content (AvgIpc) is 2.52. The van der Waals surface area contributed by atoms with E-state index < -0.39 is 17.8 Å². The molecule has 0 fully saturated rings. The molecular weight excluding hydrogens is 424 g/mol. The molecule has 3 N–H and O–H groups in total. The number of nitrogens with one attached hydrogen (secondary N) is 3. The van der Waals surface area contributed by atoms with Gasteiger partial charge >= 0.3 is 6.03 Å². The molecule has 0 unspecified atom stereocenters. The van der Waals surface area contributed by atoms with Gasteiger partial charge in [-0.2, -0.15) is 0 Å². The summed E-state index contributed by atoms with van der Waals surface area (Å²) in [7, 11) is 0. The summed E-state index contributed by atoms with van der Waals surface area (Å²) in [6, 6.07) is 8.07. The van der Waals surface area contributed by atoms with E-state index in [0.29, 0.717) is 20.2 Å². The van der Waals surface area contributed by atoms with Gasteiger partial charge in [0.15, 0.2) is 0 Å². The standard InChI is InChI=1S/C15H11BrCl2FN3O2/c16-8-1-4-12(11(19)5-8)22-15(24)20-7-14(23)21-13-6-9(17)2-3-10(13)18/h1-6H,7H2,(H,21,23)(H2,20,22,24). The zero-order valence-corrected chi connectivity index (χ0v) is 15.1. The topological polar surface area (TPSA) is 70.2 Å². The van der Waals surface area contributed by atoms with Crippen LogP contribution in [0, 0.1) is 5.82 Å².